The lowest BCUT2D eigenvalue weighted by molar-refractivity contribution is -0.136. The molecule has 1 N–H and O–H groups in total. The van der Waals surface area contributed by atoms with Crippen LogP contribution in [-0.2, 0) is 24.7 Å². The first-order valence-corrected chi connectivity index (χ1v) is 5.93. The standard InChI is InChI=1S/C14H16N2O2/c1-3-10-4-6-11(7-5-10)14-12(8-13(17)18)9-16(2)15-14/h4-7,9H,3,8H2,1-2H3,(H,17,18). The first kappa shape index (κ1) is 12.4. The highest BCUT2D eigenvalue weighted by Crippen LogP contribution is 2.22. The zero-order valence-corrected chi connectivity index (χ0v) is 10.6. The number of carbonyl (C=O) groups is 1. The lowest BCUT2D eigenvalue weighted by Crippen LogP contribution is -2.00. The Morgan fingerprint density at radius 2 is 2.00 bits per heavy atom. The first-order valence-electron chi connectivity index (χ1n) is 5.93. The number of carboxylic acids is 1. The molecule has 0 spiro atoms. The molecule has 1 heterocycles. The molecule has 4 nitrogen and oxygen atoms in total. The summed E-state index contributed by atoms with van der Waals surface area (Å²) in [6.45, 7) is 2.10. The van der Waals surface area contributed by atoms with E-state index in [1.165, 1.54) is 5.56 Å². The van der Waals surface area contributed by atoms with Crippen LogP contribution in [0.3, 0.4) is 0 Å². The number of hydrogen-bond acceptors (Lipinski definition) is 2. The number of hydrogen-bond donors (Lipinski definition) is 1. The summed E-state index contributed by atoms with van der Waals surface area (Å²) in [5.41, 5.74) is 3.72. The summed E-state index contributed by atoms with van der Waals surface area (Å²) >= 11 is 0. The van der Waals surface area contributed by atoms with Crippen molar-refractivity contribution < 1.29 is 9.90 Å². The normalized spacial score (nSPS) is 10.6. The van der Waals surface area contributed by atoms with Crippen LogP contribution in [0.2, 0.25) is 0 Å². The third-order valence-corrected chi connectivity index (χ3v) is 2.88. The van der Waals surface area contributed by atoms with E-state index in [1.807, 2.05) is 12.1 Å². The molecule has 18 heavy (non-hydrogen) atoms. The van der Waals surface area contributed by atoms with Gasteiger partial charge >= 0.3 is 5.97 Å². The van der Waals surface area contributed by atoms with Gasteiger partial charge in [-0.25, -0.2) is 0 Å². The first-order chi connectivity index (χ1) is 8.60. The zero-order chi connectivity index (χ0) is 13.1. The number of carboxylic acid groups (broad SMARTS) is 1. The number of nitrogens with zero attached hydrogens (tertiary/aromatic N) is 2. The highest BCUT2D eigenvalue weighted by atomic mass is 16.4. The van der Waals surface area contributed by atoms with Crippen LogP contribution in [0.15, 0.2) is 30.5 Å². The van der Waals surface area contributed by atoms with Crippen LogP contribution >= 0.6 is 0 Å². The van der Waals surface area contributed by atoms with Gasteiger partial charge in [0.25, 0.3) is 0 Å². The second kappa shape index (κ2) is 5.04. The second-order valence-corrected chi connectivity index (χ2v) is 4.30. The molecule has 0 aliphatic carbocycles. The van der Waals surface area contributed by atoms with Crippen molar-refractivity contribution >= 4 is 5.97 Å². The summed E-state index contributed by atoms with van der Waals surface area (Å²) < 4.78 is 1.65. The summed E-state index contributed by atoms with van der Waals surface area (Å²) in [4.78, 5) is 10.8. The van der Waals surface area contributed by atoms with Gasteiger partial charge in [-0.3, -0.25) is 9.48 Å². The van der Waals surface area contributed by atoms with E-state index in [0.29, 0.717) is 0 Å². The second-order valence-electron chi connectivity index (χ2n) is 4.30. The molecule has 1 aromatic carbocycles. The van der Waals surface area contributed by atoms with Crippen LogP contribution in [0.4, 0.5) is 0 Å². The average Bonchev–Trinajstić information content (AvgIpc) is 2.69. The summed E-state index contributed by atoms with van der Waals surface area (Å²) in [5.74, 6) is -0.838. The van der Waals surface area contributed by atoms with Crippen LogP contribution in [0.1, 0.15) is 18.1 Å². The van der Waals surface area contributed by atoms with Crippen LogP contribution in [0.5, 0.6) is 0 Å². The van der Waals surface area contributed by atoms with Gasteiger partial charge in [0.05, 0.1) is 12.1 Å². The monoisotopic (exact) mass is 244 g/mol. The SMILES string of the molecule is CCc1ccc(-c2nn(C)cc2CC(=O)O)cc1. The predicted molar refractivity (Wildman–Crippen MR) is 69.4 cm³/mol. The van der Waals surface area contributed by atoms with Gasteiger partial charge in [-0.2, -0.15) is 5.10 Å². The maximum absolute atomic E-state index is 10.8. The fourth-order valence-corrected chi connectivity index (χ4v) is 1.97. The predicted octanol–water partition coefficient (Wildman–Crippen LogP) is 2.28. The maximum Gasteiger partial charge on any atom is 0.307 e. The van der Waals surface area contributed by atoms with Crippen LogP contribution in [0, 0.1) is 0 Å². The molecule has 0 unspecified atom stereocenters. The number of aryl methyl sites for hydroxylation is 2. The molecule has 4 heteroatoms. The molecule has 0 amide bonds. The fourth-order valence-electron chi connectivity index (χ4n) is 1.97. The summed E-state index contributed by atoms with van der Waals surface area (Å²) in [7, 11) is 1.80. The third-order valence-electron chi connectivity index (χ3n) is 2.88. The van der Waals surface area contributed by atoms with E-state index in [9.17, 15) is 4.79 Å². The Kier molecular flexibility index (Phi) is 3.46. The number of aliphatic carboxylic acids is 1. The summed E-state index contributed by atoms with van der Waals surface area (Å²) in [6.07, 6.45) is 2.75. The molecule has 0 saturated carbocycles. The molecular weight excluding hydrogens is 228 g/mol. The lowest BCUT2D eigenvalue weighted by Gasteiger charge is -2.02. The highest BCUT2D eigenvalue weighted by Gasteiger charge is 2.12. The summed E-state index contributed by atoms with van der Waals surface area (Å²) in [5, 5.41) is 13.2. The maximum atomic E-state index is 10.8. The van der Waals surface area contributed by atoms with E-state index >= 15 is 0 Å². The van der Waals surface area contributed by atoms with Crippen molar-refractivity contribution in [1.82, 2.24) is 9.78 Å². The van der Waals surface area contributed by atoms with E-state index in [4.69, 9.17) is 5.11 Å². The smallest absolute Gasteiger partial charge is 0.307 e. The van der Waals surface area contributed by atoms with Crippen molar-refractivity contribution in [2.24, 2.45) is 7.05 Å². The number of aromatic nitrogens is 2. The topological polar surface area (TPSA) is 55.1 Å². The number of rotatable bonds is 4. The largest absolute Gasteiger partial charge is 0.481 e. The van der Waals surface area contributed by atoms with E-state index in [-0.39, 0.29) is 6.42 Å². The van der Waals surface area contributed by atoms with Crippen molar-refractivity contribution in [2.45, 2.75) is 19.8 Å². The molecule has 0 aliphatic heterocycles. The molecule has 0 radical (unpaired) electrons. The van der Waals surface area contributed by atoms with Crippen molar-refractivity contribution in [3.05, 3.63) is 41.6 Å². The Morgan fingerprint density at radius 1 is 1.33 bits per heavy atom. The van der Waals surface area contributed by atoms with Crippen LogP contribution in [0.25, 0.3) is 11.3 Å². The zero-order valence-electron chi connectivity index (χ0n) is 10.6. The lowest BCUT2D eigenvalue weighted by atomic mass is 10.0. The molecular formula is C14H16N2O2. The van der Waals surface area contributed by atoms with Crippen molar-refractivity contribution in [3.8, 4) is 11.3 Å². The molecule has 1 aromatic heterocycles. The minimum absolute atomic E-state index is 0.00129. The van der Waals surface area contributed by atoms with E-state index in [1.54, 1.807) is 17.9 Å². The van der Waals surface area contributed by atoms with Crippen molar-refractivity contribution in [2.75, 3.05) is 0 Å². The van der Waals surface area contributed by atoms with Gasteiger partial charge in [0.15, 0.2) is 0 Å². The Hall–Kier alpha value is -2.10. The van der Waals surface area contributed by atoms with Crippen molar-refractivity contribution in [3.63, 3.8) is 0 Å². The minimum atomic E-state index is -0.838. The van der Waals surface area contributed by atoms with Crippen molar-refractivity contribution in [1.29, 1.82) is 0 Å². The third kappa shape index (κ3) is 2.59. The minimum Gasteiger partial charge on any atom is -0.481 e. The van der Waals surface area contributed by atoms with Gasteiger partial charge < -0.3 is 5.11 Å². The van der Waals surface area contributed by atoms with Gasteiger partial charge in [0, 0.05) is 24.4 Å². The molecule has 0 saturated heterocycles. The van der Waals surface area contributed by atoms with Gasteiger partial charge in [-0.05, 0) is 12.0 Å². The van der Waals surface area contributed by atoms with Gasteiger partial charge in [0.2, 0.25) is 0 Å². The summed E-state index contributed by atoms with van der Waals surface area (Å²) in [6, 6.07) is 8.09. The Labute approximate surface area is 106 Å². The molecule has 94 valence electrons. The Morgan fingerprint density at radius 3 is 2.56 bits per heavy atom. The molecule has 0 bridgehead atoms. The highest BCUT2D eigenvalue weighted by molar-refractivity contribution is 5.74. The quantitative estimate of drug-likeness (QED) is 0.897. The van der Waals surface area contributed by atoms with E-state index in [2.05, 4.69) is 24.2 Å². The Bertz CT molecular complexity index is 556. The van der Waals surface area contributed by atoms with Crippen LogP contribution in [-0.4, -0.2) is 20.9 Å². The van der Waals surface area contributed by atoms with Crippen LogP contribution < -0.4 is 0 Å². The van der Waals surface area contributed by atoms with Gasteiger partial charge in [-0.1, -0.05) is 31.2 Å². The molecule has 0 fully saturated rings. The van der Waals surface area contributed by atoms with E-state index in [0.717, 1.165) is 23.2 Å². The van der Waals surface area contributed by atoms with Gasteiger partial charge in [0.1, 0.15) is 0 Å². The number of benzene rings is 1. The fraction of sp³-hybridized carbons (Fsp3) is 0.286. The molecule has 2 aromatic rings. The molecule has 0 aliphatic rings. The average molecular weight is 244 g/mol. The Balaban J connectivity index is 2.39. The molecule has 2 rings (SSSR count). The molecule has 0 atom stereocenters. The van der Waals surface area contributed by atoms with E-state index < -0.39 is 5.97 Å². The van der Waals surface area contributed by atoms with Gasteiger partial charge in [-0.15, -0.1) is 0 Å².